The van der Waals surface area contributed by atoms with E-state index < -0.39 is 18.8 Å². The molecule has 0 unspecified atom stereocenters. The van der Waals surface area contributed by atoms with E-state index >= 15 is 0 Å². The minimum absolute atomic E-state index is 0.0243. The second kappa shape index (κ2) is 6.62. The van der Waals surface area contributed by atoms with Crippen LogP contribution in [0.5, 0.6) is 0 Å². The van der Waals surface area contributed by atoms with Gasteiger partial charge in [-0.05, 0) is 13.5 Å². The van der Waals surface area contributed by atoms with Crippen LogP contribution in [-0.4, -0.2) is 55.5 Å². The van der Waals surface area contributed by atoms with Gasteiger partial charge in [-0.2, -0.15) is 13.2 Å². The number of hydrogen-bond acceptors (Lipinski definition) is 3. The van der Waals surface area contributed by atoms with Gasteiger partial charge in [-0.3, -0.25) is 9.69 Å². The van der Waals surface area contributed by atoms with Crippen molar-refractivity contribution in [3.63, 3.8) is 0 Å². The number of ether oxygens (including phenoxy) is 1. The van der Waals surface area contributed by atoms with E-state index in [9.17, 15) is 18.0 Å². The van der Waals surface area contributed by atoms with Gasteiger partial charge in [-0.15, -0.1) is 0 Å². The Morgan fingerprint density at radius 2 is 2.07 bits per heavy atom. The molecule has 7 heteroatoms. The van der Waals surface area contributed by atoms with Gasteiger partial charge in [-0.1, -0.05) is 0 Å². The van der Waals surface area contributed by atoms with E-state index in [4.69, 9.17) is 5.11 Å². The fourth-order valence-corrected chi connectivity index (χ4v) is 0.934. The minimum atomic E-state index is -4.30. The van der Waals surface area contributed by atoms with Crippen molar-refractivity contribution in [3.05, 3.63) is 0 Å². The molecule has 0 aromatic carbocycles. The number of rotatable bonds is 7. The highest BCUT2D eigenvalue weighted by atomic mass is 19.4. The Hall–Kier alpha value is -0.820. The van der Waals surface area contributed by atoms with Crippen LogP contribution in [0, 0.1) is 0 Å². The zero-order valence-electron chi connectivity index (χ0n) is 8.38. The molecule has 0 aliphatic rings. The standard InChI is InChI=1S/C8H14F3NO3/c1-12(5-7(13)14)3-2-4-15-6-8(9,10)11/h2-6H2,1H3,(H,13,14). The van der Waals surface area contributed by atoms with Crippen molar-refractivity contribution >= 4 is 5.97 Å². The lowest BCUT2D eigenvalue weighted by Gasteiger charge is -2.13. The van der Waals surface area contributed by atoms with Gasteiger partial charge in [0.25, 0.3) is 0 Å². The fourth-order valence-electron chi connectivity index (χ4n) is 0.934. The molecule has 0 radical (unpaired) electrons. The van der Waals surface area contributed by atoms with Crippen LogP contribution in [0.25, 0.3) is 0 Å². The van der Waals surface area contributed by atoms with Crippen molar-refractivity contribution in [2.24, 2.45) is 0 Å². The first-order chi connectivity index (χ1) is 6.81. The third-order valence-corrected chi connectivity index (χ3v) is 1.50. The first-order valence-electron chi connectivity index (χ1n) is 4.36. The SMILES string of the molecule is CN(CCCOCC(F)(F)F)CC(=O)O. The highest BCUT2D eigenvalue weighted by Gasteiger charge is 2.27. The number of carboxylic acid groups (broad SMARTS) is 1. The Morgan fingerprint density at radius 3 is 2.53 bits per heavy atom. The van der Waals surface area contributed by atoms with E-state index in [0.29, 0.717) is 13.0 Å². The summed E-state index contributed by atoms with van der Waals surface area (Å²) >= 11 is 0. The largest absolute Gasteiger partial charge is 0.480 e. The van der Waals surface area contributed by atoms with Crippen LogP contribution in [0.1, 0.15) is 6.42 Å². The molecule has 0 atom stereocenters. The van der Waals surface area contributed by atoms with Gasteiger partial charge in [0.2, 0.25) is 0 Å². The maximum atomic E-state index is 11.6. The van der Waals surface area contributed by atoms with Gasteiger partial charge in [0.05, 0.1) is 6.54 Å². The molecule has 0 aromatic heterocycles. The molecule has 0 rings (SSSR count). The van der Waals surface area contributed by atoms with Crippen LogP contribution in [0.2, 0.25) is 0 Å². The monoisotopic (exact) mass is 229 g/mol. The van der Waals surface area contributed by atoms with Gasteiger partial charge in [-0.25, -0.2) is 0 Å². The normalized spacial score (nSPS) is 12.1. The molecule has 15 heavy (non-hydrogen) atoms. The summed E-state index contributed by atoms with van der Waals surface area (Å²) in [5.41, 5.74) is 0. The van der Waals surface area contributed by atoms with Crippen molar-refractivity contribution in [2.75, 3.05) is 33.4 Å². The number of carbonyl (C=O) groups is 1. The smallest absolute Gasteiger partial charge is 0.411 e. The Balaban J connectivity index is 3.35. The third kappa shape index (κ3) is 11.1. The Labute approximate surface area is 85.6 Å². The van der Waals surface area contributed by atoms with Crippen LogP contribution in [0.4, 0.5) is 13.2 Å². The number of likely N-dealkylation sites (N-methyl/N-ethyl adjacent to an activating group) is 1. The average Bonchev–Trinajstić information content (AvgIpc) is 1.99. The lowest BCUT2D eigenvalue weighted by atomic mass is 10.4. The summed E-state index contributed by atoms with van der Waals surface area (Å²) in [6.45, 7) is -1.01. The predicted molar refractivity (Wildman–Crippen MR) is 46.6 cm³/mol. The van der Waals surface area contributed by atoms with E-state index in [1.807, 2.05) is 0 Å². The molecule has 1 N–H and O–H groups in total. The van der Waals surface area contributed by atoms with Crippen LogP contribution in [0.3, 0.4) is 0 Å². The van der Waals surface area contributed by atoms with E-state index in [0.717, 1.165) is 0 Å². The predicted octanol–water partition coefficient (Wildman–Crippen LogP) is 0.972. The molecule has 4 nitrogen and oxygen atoms in total. The minimum Gasteiger partial charge on any atom is -0.480 e. The average molecular weight is 229 g/mol. The number of halogens is 3. The molecule has 0 heterocycles. The third-order valence-electron chi connectivity index (χ3n) is 1.50. The van der Waals surface area contributed by atoms with Crippen molar-refractivity contribution in [3.8, 4) is 0 Å². The highest BCUT2D eigenvalue weighted by molar-refractivity contribution is 5.68. The molecule has 0 aliphatic heterocycles. The van der Waals surface area contributed by atoms with Crippen molar-refractivity contribution < 1.29 is 27.8 Å². The molecular weight excluding hydrogens is 215 g/mol. The van der Waals surface area contributed by atoms with E-state index in [-0.39, 0.29) is 13.2 Å². The molecule has 0 saturated carbocycles. The molecule has 0 bridgehead atoms. The zero-order valence-corrected chi connectivity index (χ0v) is 8.38. The second-order valence-corrected chi connectivity index (χ2v) is 3.15. The van der Waals surface area contributed by atoms with E-state index in [2.05, 4.69) is 4.74 Å². The summed E-state index contributed by atoms with van der Waals surface area (Å²) in [6.07, 6.45) is -3.92. The van der Waals surface area contributed by atoms with Crippen LogP contribution < -0.4 is 0 Å². The molecule has 0 amide bonds. The van der Waals surface area contributed by atoms with Gasteiger partial charge in [0, 0.05) is 13.2 Å². The van der Waals surface area contributed by atoms with E-state index in [1.54, 1.807) is 7.05 Å². The molecule has 0 aliphatic carbocycles. The summed E-state index contributed by atoms with van der Waals surface area (Å²) in [5, 5.41) is 8.37. The Morgan fingerprint density at radius 1 is 1.47 bits per heavy atom. The van der Waals surface area contributed by atoms with Crippen LogP contribution >= 0.6 is 0 Å². The second-order valence-electron chi connectivity index (χ2n) is 3.15. The summed E-state index contributed by atoms with van der Waals surface area (Å²) in [6, 6.07) is 0. The first kappa shape index (κ1) is 14.2. The topological polar surface area (TPSA) is 49.8 Å². The van der Waals surface area contributed by atoms with Crippen molar-refractivity contribution in [2.45, 2.75) is 12.6 Å². The lowest BCUT2D eigenvalue weighted by Crippen LogP contribution is -2.27. The Kier molecular flexibility index (Phi) is 6.26. The van der Waals surface area contributed by atoms with Gasteiger partial charge >= 0.3 is 12.1 Å². The number of hydrogen-bond donors (Lipinski definition) is 1. The summed E-state index contributed by atoms with van der Waals surface area (Å²) < 4.78 is 39.2. The zero-order chi connectivity index (χ0) is 11.9. The van der Waals surface area contributed by atoms with Gasteiger partial charge in [0.1, 0.15) is 6.61 Å². The number of carboxylic acids is 1. The Bertz CT molecular complexity index is 196. The molecule has 0 saturated heterocycles. The quantitative estimate of drug-likeness (QED) is 0.661. The van der Waals surface area contributed by atoms with E-state index in [1.165, 1.54) is 4.90 Å². The summed E-state index contributed by atoms with van der Waals surface area (Å²) in [7, 11) is 1.58. The summed E-state index contributed by atoms with van der Waals surface area (Å²) in [5.74, 6) is -0.964. The first-order valence-corrected chi connectivity index (χ1v) is 4.36. The fraction of sp³-hybridized carbons (Fsp3) is 0.875. The number of aliphatic carboxylic acids is 1. The van der Waals surface area contributed by atoms with Crippen LogP contribution in [0.15, 0.2) is 0 Å². The highest BCUT2D eigenvalue weighted by Crippen LogP contribution is 2.14. The van der Waals surface area contributed by atoms with Crippen molar-refractivity contribution in [1.29, 1.82) is 0 Å². The maximum Gasteiger partial charge on any atom is 0.411 e. The molecule has 0 fully saturated rings. The number of nitrogens with zero attached hydrogens (tertiary/aromatic N) is 1. The molecule has 0 spiro atoms. The van der Waals surface area contributed by atoms with Gasteiger partial charge in [0.15, 0.2) is 0 Å². The lowest BCUT2D eigenvalue weighted by molar-refractivity contribution is -0.174. The molecule has 90 valence electrons. The number of alkyl halides is 3. The van der Waals surface area contributed by atoms with Crippen molar-refractivity contribution in [1.82, 2.24) is 4.90 Å². The molecular formula is C8H14F3NO3. The summed E-state index contributed by atoms with van der Waals surface area (Å²) in [4.78, 5) is 11.7. The maximum absolute atomic E-state index is 11.6. The van der Waals surface area contributed by atoms with Crippen LogP contribution in [-0.2, 0) is 9.53 Å². The molecule has 0 aromatic rings. The van der Waals surface area contributed by atoms with Gasteiger partial charge < -0.3 is 9.84 Å².